The van der Waals surface area contributed by atoms with E-state index in [9.17, 15) is 0 Å². The molecule has 3 heteroatoms. The second-order valence-electron chi connectivity index (χ2n) is 5.80. The topological polar surface area (TPSA) is 21.3 Å². The number of nitrogens with one attached hydrogen (secondary N) is 1. The largest absolute Gasteiger partial charge is 0.492 e. The van der Waals surface area contributed by atoms with Crippen LogP contribution in [0.4, 0.5) is 0 Å². The number of hydrogen-bond acceptors (Lipinski definition) is 2. The summed E-state index contributed by atoms with van der Waals surface area (Å²) in [7, 11) is 0. The first kappa shape index (κ1) is 15.6. The molecule has 2 aromatic rings. The highest BCUT2D eigenvalue weighted by molar-refractivity contribution is 9.10. The van der Waals surface area contributed by atoms with Crippen LogP contribution in [0, 0.1) is 0 Å². The highest BCUT2D eigenvalue weighted by Gasteiger charge is 2.12. The van der Waals surface area contributed by atoms with E-state index in [2.05, 4.69) is 63.7 Å². The van der Waals surface area contributed by atoms with Crippen LogP contribution in [0.3, 0.4) is 0 Å². The molecule has 0 saturated carbocycles. The van der Waals surface area contributed by atoms with Gasteiger partial charge in [-0.05, 0) is 65.0 Å². The second kappa shape index (κ2) is 7.80. The summed E-state index contributed by atoms with van der Waals surface area (Å²) < 4.78 is 6.96. The molecule has 0 bridgehead atoms. The van der Waals surface area contributed by atoms with Gasteiger partial charge in [-0.15, -0.1) is 0 Å². The normalized spacial score (nSPS) is 18.1. The van der Waals surface area contributed by atoms with Crippen LogP contribution in [0.2, 0.25) is 0 Å². The Labute approximate surface area is 141 Å². The molecule has 1 fully saturated rings. The zero-order chi connectivity index (χ0) is 15.2. The van der Waals surface area contributed by atoms with Gasteiger partial charge in [-0.25, -0.2) is 0 Å². The van der Waals surface area contributed by atoms with Gasteiger partial charge in [0.05, 0.1) is 11.1 Å². The predicted molar refractivity (Wildman–Crippen MR) is 95.3 cm³/mol. The molecule has 22 heavy (non-hydrogen) atoms. The standard InChI is InChI=1S/C19H22BrNO/c20-18-14-16(15-6-2-1-3-7-15)9-10-19(18)22-13-11-17-8-4-5-12-21-17/h1-3,6-7,9-10,14,17,21H,4-5,8,11-13H2. The average molecular weight is 360 g/mol. The number of benzene rings is 2. The van der Waals surface area contributed by atoms with Crippen molar-refractivity contribution < 1.29 is 4.74 Å². The number of halogens is 1. The van der Waals surface area contributed by atoms with Crippen LogP contribution >= 0.6 is 15.9 Å². The molecule has 1 aliphatic heterocycles. The van der Waals surface area contributed by atoms with Gasteiger partial charge >= 0.3 is 0 Å². The van der Waals surface area contributed by atoms with E-state index in [1.165, 1.54) is 30.4 Å². The number of ether oxygens (including phenoxy) is 1. The monoisotopic (exact) mass is 359 g/mol. The Morgan fingerprint density at radius 2 is 1.91 bits per heavy atom. The van der Waals surface area contributed by atoms with Crippen molar-refractivity contribution in [2.75, 3.05) is 13.2 Å². The van der Waals surface area contributed by atoms with Crippen LogP contribution in [-0.4, -0.2) is 19.2 Å². The zero-order valence-electron chi connectivity index (χ0n) is 12.7. The molecule has 0 radical (unpaired) electrons. The van der Waals surface area contributed by atoms with Crippen molar-refractivity contribution in [2.24, 2.45) is 0 Å². The van der Waals surface area contributed by atoms with Gasteiger partial charge in [0, 0.05) is 6.04 Å². The Balaban J connectivity index is 1.58. The van der Waals surface area contributed by atoms with Gasteiger partial charge < -0.3 is 10.1 Å². The summed E-state index contributed by atoms with van der Waals surface area (Å²) in [6, 6.07) is 17.3. The van der Waals surface area contributed by atoms with Crippen molar-refractivity contribution in [3.63, 3.8) is 0 Å². The summed E-state index contributed by atoms with van der Waals surface area (Å²) in [4.78, 5) is 0. The van der Waals surface area contributed by atoms with Crippen molar-refractivity contribution in [3.05, 3.63) is 53.0 Å². The van der Waals surface area contributed by atoms with Gasteiger partial charge in [0.1, 0.15) is 5.75 Å². The molecular weight excluding hydrogens is 338 g/mol. The van der Waals surface area contributed by atoms with E-state index >= 15 is 0 Å². The Kier molecular flexibility index (Phi) is 5.52. The molecule has 1 unspecified atom stereocenters. The van der Waals surface area contributed by atoms with E-state index in [-0.39, 0.29) is 0 Å². The molecule has 3 rings (SSSR count). The lowest BCUT2D eigenvalue weighted by Gasteiger charge is -2.23. The number of rotatable bonds is 5. The van der Waals surface area contributed by atoms with Gasteiger partial charge in [0.2, 0.25) is 0 Å². The van der Waals surface area contributed by atoms with Crippen molar-refractivity contribution in [1.82, 2.24) is 5.32 Å². The molecule has 116 valence electrons. The summed E-state index contributed by atoms with van der Waals surface area (Å²) in [5.41, 5.74) is 2.43. The Morgan fingerprint density at radius 3 is 2.64 bits per heavy atom. The smallest absolute Gasteiger partial charge is 0.133 e. The molecule has 1 heterocycles. The first-order valence-corrected chi connectivity index (χ1v) is 8.83. The van der Waals surface area contributed by atoms with Crippen molar-refractivity contribution in [1.29, 1.82) is 0 Å². The maximum absolute atomic E-state index is 5.94. The first-order chi connectivity index (χ1) is 10.8. The van der Waals surface area contributed by atoms with Gasteiger partial charge in [-0.2, -0.15) is 0 Å². The van der Waals surface area contributed by atoms with Crippen LogP contribution in [0.1, 0.15) is 25.7 Å². The van der Waals surface area contributed by atoms with E-state index in [1.54, 1.807) is 0 Å². The van der Waals surface area contributed by atoms with Gasteiger partial charge in [-0.3, -0.25) is 0 Å². The predicted octanol–water partition coefficient (Wildman–Crippen LogP) is 5.03. The summed E-state index contributed by atoms with van der Waals surface area (Å²) >= 11 is 3.63. The van der Waals surface area contributed by atoms with Crippen LogP contribution in [0.15, 0.2) is 53.0 Å². The highest BCUT2D eigenvalue weighted by atomic mass is 79.9. The van der Waals surface area contributed by atoms with E-state index in [0.29, 0.717) is 6.04 Å². The molecule has 1 aliphatic rings. The second-order valence-corrected chi connectivity index (χ2v) is 6.65. The maximum Gasteiger partial charge on any atom is 0.133 e. The van der Waals surface area contributed by atoms with Gasteiger partial charge in [0.15, 0.2) is 0 Å². The van der Waals surface area contributed by atoms with Crippen LogP contribution in [0.25, 0.3) is 11.1 Å². The number of hydrogen-bond donors (Lipinski definition) is 1. The zero-order valence-corrected chi connectivity index (χ0v) is 14.3. The van der Waals surface area contributed by atoms with Gasteiger partial charge in [-0.1, -0.05) is 42.8 Å². The fourth-order valence-corrected chi connectivity index (χ4v) is 3.40. The number of piperidine rings is 1. The van der Waals surface area contributed by atoms with Gasteiger partial charge in [0.25, 0.3) is 0 Å². The van der Waals surface area contributed by atoms with Crippen molar-refractivity contribution >= 4 is 15.9 Å². The minimum atomic E-state index is 0.621. The molecule has 1 atom stereocenters. The van der Waals surface area contributed by atoms with E-state index < -0.39 is 0 Å². The third-order valence-electron chi connectivity index (χ3n) is 4.18. The lowest BCUT2D eigenvalue weighted by molar-refractivity contribution is 0.267. The molecule has 2 aromatic carbocycles. The summed E-state index contributed by atoms with van der Waals surface area (Å²) in [6.07, 6.45) is 5.00. The van der Waals surface area contributed by atoms with Crippen molar-refractivity contribution in [2.45, 2.75) is 31.7 Å². The Bertz CT molecular complexity index is 594. The molecule has 2 nitrogen and oxygen atoms in total. The molecule has 0 spiro atoms. The van der Waals surface area contributed by atoms with E-state index in [1.807, 2.05) is 6.07 Å². The van der Waals surface area contributed by atoms with E-state index in [4.69, 9.17) is 4.74 Å². The summed E-state index contributed by atoms with van der Waals surface area (Å²) in [6.45, 7) is 1.92. The molecule has 0 amide bonds. The minimum Gasteiger partial charge on any atom is -0.492 e. The third-order valence-corrected chi connectivity index (χ3v) is 4.79. The Hall–Kier alpha value is -1.32. The molecule has 0 aliphatic carbocycles. The third kappa shape index (κ3) is 4.11. The van der Waals surface area contributed by atoms with Crippen LogP contribution in [0.5, 0.6) is 5.75 Å². The first-order valence-electron chi connectivity index (χ1n) is 8.04. The summed E-state index contributed by atoms with van der Waals surface area (Å²) in [5.74, 6) is 0.926. The summed E-state index contributed by atoms with van der Waals surface area (Å²) in [5, 5.41) is 3.56. The average Bonchev–Trinajstić information content (AvgIpc) is 2.58. The fourth-order valence-electron chi connectivity index (χ4n) is 2.91. The minimum absolute atomic E-state index is 0.621. The maximum atomic E-state index is 5.94. The highest BCUT2D eigenvalue weighted by Crippen LogP contribution is 2.30. The van der Waals surface area contributed by atoms with E-state index in [0.717, 1.165) is 29.8 Å². The van der Waals surface area contributed by atoms with Crippen molar-refractivity contribution in [3.8, 4) is 16.9 Å². The molecular formula is C19H22BrNO. The van der Waals surface area contributed by atoms with Crippen LogP contribution in [-0.2, 0) is 0 Å². The molecule has 1 N–H and O–H groups in total. The molecule has 0 aromatic heterocycles. The lowest BCUT2D eigenvalue weighted by Crippen LogP contribution is -2.35. The Morgan fingerprint density at radius 1 is 1.05 bits per heavy atom. The molecule has 1 saturated heterocycles. The lowest BCUT2D eigenvalue weighted by atomic mass is 10.0. The fraction of sp³-hybridized carbons (Fsp3) is 0.368. The van der Waals surface area contributed by atoms with Crippen LogP contribution < -0.4 is 10.1 Å². The SMILES string of the molecule is Brc1cc(-c2ccccc2)ccc1OCCC1CCCCN1. The quantitative estimate of drug-likeness (QED) is 0.808.